The normalized spacial score (nSPS) is 11.3. The minimum Gasteiger partial charge on any atom is -0.493 e. The van der Waals surface area contributed by atoms with E-state index in [1.54, 1.807) is 21.3 Å². The summed E-state index contributed by atoms with van der Waals surface area (Å²) in [5, 5.41) is 3.92. The SMILES string of the molecule is COc1cc(CNC(C)(C)C)c(Cl)c(OC)c1OC. The molecule has 0 unspecified atom stereocenters. The number of nitrogens with one attached hydrogen (secondary N) is 1. The lowest BCUT2D eigenvalue weighted by atomic mass is 10.1. The summed E-state index contributed by atoms with van der Waals surface area (Å²) in [5.41, 5.74) is 0.912. The van der Waals surface area contributed by atoms with Gasteiger partial charge in [-0.1, -0.05) is 11.6 Å². The molecule has 0 amide bonds. The molecular weight excluding hydrogens is 266 g/mol. The molecule has 5 heteroatoms. The zero-order valence-corrected chi connectivity index (χ0v) is 13.1. The fourth-order valence-electron chi connectivity index (χ4n) is 1.66. The van der Waals surface area contributed by atoms with Crippen molar-refractivity contribution in [3.63, 3.8) is 0 Å². The number of hydrogen-bond donors (Lipinski definition) is 1. The third-order valence-electron chi connectivity index (χ3n) is 2.65. The molecular formula is C14H22ClNO3. The van der Waals surface area contributed by atoms with E-state index in [4.69, 9.17) is 25.8 Å². The lowest BCUT2D eigenvalue weighted by Gasteiger charge is -2.22. The van der Waals surface area contributed by atoms with Gasteiger partial charge in [0.1, 0.15) is 0 Å². The minimum atomic E-state index is 0.00370. The van der Waals surface area contributed by atoms with Gasteiger partial charge < -0.3 is 19.5 Å². The van der Waals surface area contributed by atoms with E-state index in [-0.39, 0.29) is 5.54 Å². The number of benzene rings is 1. The van der Waals surface area contributed by atoms with Crippen molar-refractivity contribution in [1.29, 1.82) is 0 Å². The van der Waals surface area contributed by atoms with Gasteiger partial charge in [-0.15, -0.1) is 0 Å². The monoisotopic (exact) mass is 287 g/mol. The van der Waals surface area contributed by atoms with Crippen LogP contribution in [0.15, 0.2) is 6.07 Å². The van der Waals surface area contributed by atoms with Gasteiger partial charge in [0.05, 0.1) is 26.4 Å². The van der Waals surface area contributed by atoms with Crippen molar-refractivity contribution in [3.05, 3.63) is 16.7 Å². The maximum Gasteiger partial charge on any atom is 0.204 e. The van der Waals surface area contributed by atoms with Crippen molar-refractivity contribution in [2.75, 3.05) is 21.3 Å². The van der Waals surface area contributed by atoms with Crippen LogP contribution < -0.4 is 19.5 Å². The summed E-state index contributed by atoms with van der Waals surface area (Å²) in [5.74, 6) is 1.61. The Kier molecular flexibility index (Phi) is 5.32. The van der Waals surface area contributed by atoms with E-state index in [1.165, 1.54) is 0 Å². The van der Waals surface area contributed by atoms with Crippen LogP contribution in [-0.4, -0.2) is 26.9 Å². The van der Waals surface area contributed by atoms with Crippen molar-refractivity contribution >= 4 is 11.6 Å². The van der Waals surface area contributed by atoms with Crippen molar-refractivity contribution in [3.8, 4) is 17.2 Å². The Morgan fingerprint density at radius 2 is 1.63 bits per heavy atom. The van der Waals surface area contributed by atoms with Gasteiger partial charge in [0.2, 0.25) is 5.75 Å². The molecule has 0 bridgehead atoms. The maximum atomic E-state index is 6.35. The molecule has 0 aliphatic carbocycles. The number of halogens is 1. The maximum absolute atomic E-state index is 6.35. The molecule has 1 aromatic carbocycles. The van der Waals surface area contributed by atoms with Crippen LogP contribution in [0.4, 0.5) is 0 Å². The first-order valence-electron chi connectivity index (χ1n) is 6.06. The average Bonchev–Trinajstić information content (AvgIpc) is 2.35. The van der Waals surface area contributed by atoms with Crippen molar-refractivity contribution < 1.29 is 14.2 Å². The number of ether oxygens (including phenoxy) is 3. The van der Waals surface area contributed by atoms with Crippen LogP contribution in [0.25, 0.3) is 0 Å². The summed E-state index contributed by atoms with van der Waals surface area (Å²) in [7, 11) is 4.71. The summed E-state index contributed by atoms with van der Waals surface area (Å²) in [6, 6.07) is 1.86. The Bertz CT molecular complexity index is 441. The minimum absolute atomic E-state index is 0.00370. The molecule has 0 fully saturated rings. The van der Waals surface area contributed by atoms with Crippen LogP contribution in [-0.2, 0) is 6.54 Å². The first kappa shape index (κ1) is 15.9. The van der Waals surface area contributed by atoms with E-state index < -0.39 is 0 Å². The third kappa shape index (κ3) is 3.91. The van der Waals surface area contributed by atoms with Crippen LogP contribution in [0, 0.1) is 0 Å². The van der Waals surface area contributed by atoms with Crippen LogP contribution in [0.3, 0.4) is 0 Å². The van der Waals surface area contributed by atoms with E-state index in [0.29, 0.717) is 28.8 Å². The lowest BCUT2D eigenvalue weighted by Crippen LogP contribution is -2.35. The standard InChI is InChI=1S/C14H22ClNO3/c1-14(2,3)16-8-9-7-10(17-4)12(18-5)13(19-6)11(9)15/h7,16H,8H2,1-6H3. The summed E-state index contributed by atoms with van der Waals surface area (Å²) in [4.78, 5) is 0. The molecule has 0 aliphatic heterocycles. The average molecular weight is 288 g/mol. The highest BCUT2D eigenvalue weighted by Gasteiger charge is 2.20. The van der Waals surface area contributed by atoms with Crippen molar-refractivity contribution in [2.24, 2.45) is 0 Å². The highest BCUT2D eigenvalue weighted by Crippen LogP contribution is 2.44. The summed E-state index contributed by atoms with van der Waals surface area (Å²) >= 11 is 6.35. The first-order chi connectivity index (χ1) is 8.84. The molecule has 0 aromatic heterocycles. The van der Waals surface area contributed by atoms with Crippen LogP contribution in [0.1, 0.15) is 26.3 Å². The zero-order chi connectivity index (χ0) is 14.6. The molecule has 1 rings (SSSR count). The smallest absolute Gasteiger partial charge is 0.204 e. The Morgan fingerprint density at radius 1 is 1.05 bits per heavy atom. The largest absolute Gasteiger partial charge is 0.493 e. The van der Waals surface area contributed by atoms with E-state index in [0.717, 1.165) is 5.56 Å². The predicted molar refractivity (Wildman–Crippen MR) is 77.7 cm³/mol. The fourth-order valence-corrected chi connectivity index (χ4v) is 1.95. The van der Waals surface area contributed by atoms with E-state index in [9.17, 15) is 0 Å². The van der Waals surface area contributed by atoms with E-state index in [1.807, 2.05) is 6.07 Å². The van der Waals surface area contributed by atoms with Gasteiger partial charge >= 0.3 is 0 Å². The second-order valence-electron chi connectivity index (χ2n) is 5.22. The Hall–Kier alpha value is -1.13. The van der Waals surface area contributed by atoms with Gasteiger partial charge in [0, 0.05) is 12.1 Å². The molecule has 1 aromatic rings. The molecule has 0 aliphatic rings. The zero-order valence-electron chi connectivity index (χ0n) is 12.4. The molecule has 0 radical (unpaired) electrons. The van der Waals surface area contributed by atoms with Crippen LogP contribution in [0.2, 0.25) is 5.02 Å². The van der Waals surface area contributed by atoms with E-state index in [2.05, 4.69) is 26.1 Å². The molecule has 0 heterocycles. The number of methoxy groups -OCH3 is 3. The second kappa shape index (κ2) is 6.35. The van der Waals surface area contributed by atoms with Crippen molar-refractivity contribution in [2.45, 2.75) is 32.9 Å². The van der Waals surface area contributed by atoms with Gasteiger partial charge in [-0.2, -0.15) is 0 Å². The Balaban J connectivity index is 3.19. The molecule has 19 heavy (non-hydrogen) atoms. The predicted octanol–water partition coefficient (Wildman–Crippen LogP) is 3.25. The van der Waals surface area contributed by atoms with Gasteiger partial charge in [0.25, 0.3) is 0 Å². The topological polar surface area (TPSA) is 39.7 Å². The van der Waals surface area contributed by atoms with Crippen molar-refractivity contribution in [1.82, 2.24) is 5.32 Å². The van der Waals surface area contributed by atoms with Gasteiger partial charge in [-0.3, -0.25) is 0 Å². The molecule has 0 atom stereocenters. The Labute approximate surface area is 120 Å². The molecule has 0 spiro atoms. The highest BCUT2D eigenvalue weighted by atomic mass is 35.5. The summed E-state index contributed by atoms with van der Waals surface area (Å²) in [6.45, 7) is 6.91. The van der Waals surface area contributed by atoms with Crippen LogP contribution >= 0.6 is 11.6 Å². The van der Waals surface area contributed by atoms with E-state index >= 15 is 0 Å². The number of hydrogen-bond acceptors (Lipinski definition) is 4. The van der Waals surface area contributed by atoms with Crippen LogP contribution in [0.5, 0.6) is 17.2 Å². The molecule has 0 saturated carbocycles. The third-order valence-corrected chi connectivity index (χ3v) is 3.07. The second-order valence-corrected chi connectivity index (χ2v) is 5.60. The Morgan fingerprint density at radius 3 is 2.05 bits per heavy atom. The fraction of sp³-hybridized carbons (Fsp3) is 0.571. The summed E-state index contributed by atoms with van der Waals surface area (Å²) in [6.07, 6.45) is 0. The van der Waals surface area contributed by atoms with Gasteiger partial charge in [0.15, 0.2) is 11.5 Å². The highest BCUT2D eigenvalue weighted by molar-refractivity contribution is 6.33. The quantitative estimate of drug-likeness (QED) is 0.902. The molecule has 108 valence electrons. The lowest BCUT2D eigenvalue weighted by molar-refractivity contribution is 0.323. The number of rotatable bonds is 5. The first-order valence-corrected chi connectivity index (χ1v) is 6.44. The molecule has 4 nitrogen and oxygen atoms in total. The van der Waals surface area contributed by atoms with Gasteiger partial charge in [-0.05, 0) is 32.4 Å². The van der Waals surface area contributed by atoms with Gasteiger partial charge in [-0.25, -0.2) is 0 Å². The molecule has 1 N–H and O–H groups in total. The summed E-state index contributed by atoms with van der Waals surface area (Å²) < 4.78 is 15.9. The molecule has 0 saturated heterocycles.